The molecule has 25 heavy (non-hydrogen) atoms. The van der Waals surface area contributed by atoms with Crippen LogP contribution in [0, 0.1) is 5.82 Å². The molecule has 2 aromatic carbocycles. The molecule has 3 aromatic rings. The summed E-state index contributed by atoms with van der Waals surface area (Å²) in [4.78, 5) is 20.1. The first-order chi connectivity index (χ1) is 12.1. The van der Waals surface area contributed by atoms with Crippen LogP contribution in [0.1, 0.15) is 11.3 Å². The van der Waals surface area contributed by atoms with Gasteiger partial charge < -0.3 is 4.98 Å². The number of H-pyrrole nitrogens is 1. The third kappa shape index (κ3) is 5.63. The number of nitrogens with one attached hydrogen (secondary N) is 1. The molecule has 0 atom stereocenters. The van der Waals surface area contributed by atoms with E-state index in [0.717, 1.165) is 10.5 Å². The summed E-state index contributed by atoms with van der Waals surface area (Å²) in [6.45, 7) is 0. The molecular weight excluding hydrogens is 379 g/mol. The molecule has 3 rings (SSSR count). The van der Waals surface area contributed by atoms with Crippen molar-refractivity contribution >= 4 is 35.1 Å². The predicted molar refractivity (Wildman–Crippen MR) is 102 cm³/mol. The summed E-state index contributed by atoms with van der Waals surface area (Å²) >= 11 is 8.88. The zero-order chi connectivity index (χ0) is 17.6. The molecule has 1 N–H and O–H groups in total. The Morgan fingerprint density at radius 3 is 2.44 bits per heavy atom. The molecule has 0 amide bonds. The van der Waals surface area contributed by atoms with E-state index in [4.69, 9.17) is 11.6 Å². The third-order valence-electron chi connectivity index (χ3n) is 3.26. The second-order valence-corrected chi connectivity index (χ2v) is 7.65. The molecule has 0 unspecified atom stereocenters. The van der Waals surface area contributed by atoms with Crippen molar-refractivity contribution in [2.45, 2.75) is 21.6 Å². The fourth-order valence-corrected chi connectivity index (χ4v) is 3.81. The normalized spacial score (nSPS) is 10.8. The molecular formula is C18H14ClFN2OS2. The van der Waals surface area contributed by atoms with Crippen molar-refractivity contribution in [2.75, 3.05) is 0 Å². The van der Waals surface area contributed by atoms with Gasteiger partial charge in [0.2, 0.25) is 0 Å². The van der Waals surface area contributed by atoms with Gasteiger partial charge in [-0.05, 0) is 42.0 Å². The predicted octanol–water partition coefficient (Wildman–Crippen LogP) is 5.15. The summed E-state index contributed by atoms with van der Waals surface area (Å²) in [6.07, 6.45) is 0. The van der Waals surface area contributed by atoms with Gasteiger partial charge in [0.1, 0.15) is 5.82 Å². The highest BCUT2D eigenvalue weighted by Crippen LogP contribution is 2.24. The van der Waals surface area contributed by atoms with Crippen molar-refractivity contribution in [1.82, 2.24) is 9.97 Å². The van der Waals surface area contributed by atoms with E-state index in [1.807, 2.05) is 24.3 Å². The van der Waals surface area contributed by atoms with Crippen molar-refractivity contribution in [3.05, 3.63) is 87.0 Å². The Kier molecular flexibility index (Phi) is 6.18. The number of hydrogen-bond donors (Lipinski definition) is 1. The van der Waals surface area contributed by atoms with Gasteiger partial charge in [-0.15, -0.1) is 11.8 Å². The monoisotopic (exact) mass is 392 g/mol. The third-order valence-corrected chi connectivity index (χ3v) is 5.50. The fraction of sp³-hybridized carbons (Fsp3) is 0.111. The lowest BCUT2D eigenvalue weighted by Gasteiger charge is -2.05. The standard InChI is InChI=1S/C18H14ClFN2OS2/c19-13-3-7-16(8-4-13)24-11-15-9-17(23)22-18(21-15)25-10-12-1-5-14(20)6-2-12/h1-9H,10-11H2,(H,21,22,23). The zero-order valence-corrected chi connectivity index (χ0v) is 15.4. The molecule has 1 aromatic heterocycles. The molecule has 0 saturated heterocycles. The minimum atomic E-state index is -0.262. The summed E-state index contributed by atoms with van der Waals surface area (Å²) in [7, 11) is 0. The Balaban J connectivity index is 1.64. The van der Waals surface area contributed by atoms with Crippen molar-refractivity contribution in [3.8, 4) is 0 Å². The number of hydrogen-bond acceptors (Lipinski definition) is 4. The minimum Gasteiger partial charge on any atom is -0.301 e. The Morgan fingerprint density at radius 1 is 1.00 bits per heavy atom. The van der Waals surface area contributed by atoms with E-state index in [1.54, 1.807) is 23.9 Å². The molecule has 0 saturated carbocycles. The van der Waals surface area contributed by atoms with Gasteiger partial charge in [-0.1, -0.05) is 35.5 Å². The van der Waals surface area contributed by atoms with Gasteiger partial charge in [-0.3, -0.25) is 4.79 Å². The lowest BCUT2D eigenvalue weighted by Crippen LogP contribution is -2.09. The average molecular weight is 393 g/mol. The van der Waals surface area contributed by atoms with Crippen LogP contribution >= 0.6 is 35.1 Å². The molecule has 0 bridgehead atoms. The van der Waals surface area contributed by atoms with Crippen LogP contribution in [0.4, 0.5) is 4.39 Å². The van der Waals surface area contributed by atoms with E-state index in [2.05, 4.69) is 9.97 Å². The zero-order valence-electron chi connectivity index (χ0n) is 13.0. The van der Waals surface area contributed by atoms with Gasteiger partial charge in [0.15, 0.2) is 5.16 Å². The van der Waals surface area contributed by atoms with E-state index in [-0.39, 0.29) is 11.4 Å². The molecule has 3 nitrogen and oxygen atoms in total. The van der Waals surface area contributed by atoms with Gasteiger partial charge in [0, 0.05) is 27.5 Å². The summed E-state index contributed by atoms with van der Waals surface area (Å²) in [5.41, 5.74) is 1.50. The molecule has 0 aliphatic heterocycles. The van der Waals surface area contributed by atoms with Crippen LogP contribution in [-0.2, 0) is 11.5 Å². The number of aromatic nitrogens is 2. The van der Waals surface area contributed by atoms with E-state index in [9.17, 15) is 9.18 Å². The Bertz CT molecular complexity index is 827. The van der Waals surface area contributed by atoms with E-state index >= 15 is 0 Å². The van der Waals surface area contributed by atoms with Crippen LogP contribution in [-0.4, -0.2) is 9.97 Å². The smallest absolute Gasteiger partial charge is 0.251 e. The number of benzene rings is 2. The van der Waals surface area contributed by atoms with Gasteiger partial charge in [-0.25, -0.2) is 9.37 Å². The minimum absolute atomic E-state index is 0.177. The Hall–Kier alpha value is -1.76. The molecule has 0 radical (unpaired) electrons. The lowest BCUT2D eigenvalue weighted by molar-refractivity contribution is 0.627. The topological polar surface area (TPSA) is 45.8 Å². The number of halogens is 2. The van der Waals surface area contributed by atoms with E-state index < -0.39 is 0 Å². The number of nitrogens with zero attached hydrogens (tertiary/aromatic N) is 1. The highest BCUT2D eigenvalue weighted by Gasteiger charge is 2.05. The summed E-state index contributed by atoms with van der Waals surface area (Å²) in [5.74, 6) is 0.939. The highest BCUT2D eigenvalue weighted by atomic mass is 35.5. The highest BCUT2D eigenvalue weighted by molar-refractivity contribution is 7.98. The molecule has 0 aliphatic carbocycles. The van der Waals surface area contributed by atoms with Crippen LogP contribution in [0.3, 0.4) is 0 Å². The number of aromatic amines is 1. The fourth-order valence-electron chi connectivity index (χ4n) is 2.05. The van der Waals surface area contributed by atoms with Crippen molar-refractivity contribution < 1.29 is 4.39 Å². The maximum Gasteiger partial charge on any atom is 0.251 e. The largest absolute Gasteiger partial charge is 0.301 e. The second-order valence-electron chi connectivity index (χ2n) is 5.20. The second kappa shape index (κ2) is 8.56. The van der Waals surface area contributed by atoms with Gasteiger partial charge in [0.25, 0.3) is 5.56 Å². The van der Waals surface area contributed by atoms with Crippen LogP contribution in [0.25, 0.3) is 0 Å². The van der Waals surface area contributed by atoms with Crippen LogP contribution in [0.2, 0.25) is 5.02 Å². The first kappa shape index (κ1) is 18.0. The summed E-state index contributed by atoms with van der Waals surface area (Å²) in [6, 6.07) is 15.3. The molecule has 0 fully saturated rings. The molecule has 1 heterocycles. The van der Waals surface area contributed by atoms with Gasteiger partial charge >= 0.3 is 0 Å². The maximum atomic E-state index is 12.9. The lowest BCUT2D eigenvalue weighted by atomic mass is 10.2. The first-order valence-electron chi connectivity index (χ1n) is 7.44. The van der Waals surface area contributed by atoms with E-state index in [0.29, 0.717) is 27.4 Å². The number of thioether (sulfide) groups is 2. The van der Waals surface area contributed by atoms with Gasteiger partial charge in [0.05, 0.1) is 5.69 Å². The maximum absolute atomic E-state index is 12.9. The van der Waals surface area contributed by atoms with Crippen LogP contribution < -0.4 is 5.56 Å². The molecule has 0 aliphatic rings. The number of rotatable bonds is 6. The quantitative estimate of drug-likeness (QED) is 0.465. The summed E-state index contributed by atoms with van der Waals surface area (Å²) < 4.78 is 12.9. The average Bonchev–Trinajstić information content (AvgIpc) is 2.60. The summed E-state index contributed by atoms with van der Waals surface area (Å²) in [5, 5.41) is 1.25. The SMILES string of the molecule is O=c1cc(CSc2ccc(Cl)cc2)nc(SCc2ccc(F)cc2)[nH]1. The van der Waals surface area contributed by atoms with Gasteiger partial charge in [-0.2, -0.15) is 0 Å². The Labute approximate surface area is 158 Å². The molecule has 0 spiro atoms. The van der Waals surface area contributed by atoms with Crippen molar-refractivity contribution in [3.63, 3.8) is 0 Å². The first-order valence-corrected chi connectivity index (χ1v) is 9.79. The van der Waals surface area contributed by atoms with Crippen LogP contribution in [0.5, 0.6) is 0 Å². The van der Waals surface area contributed by atoms with Crippen LogP contribution in [0.15, 0.2) is 69.4 Å². The van der Waals surface area contributed by atoms with E-state index in [1.165, 1.54) is 30.0 Å². The van der Waals surface area contributed by atoms with Crippen molar-refractivity contribution in [2.24, 2.45) is 0 Å². The Morgan fingerprint density at radius 2 is 1.72 bits per heavy atom. The molecule has 128 valence electrons. The van der Waals surface area contributed by atoms with Crippen molar-refractivity contribution in [1.29, 1.82) is 0 Å². The molecule has 7 heteroatoms.